The molecule has 0 aliphatic heterocycles. The van der Waals surface area contributed by atoms with Crippen LogP contribution in [0.5, 0.6) is 0 Å². The zero-order valence-corrected chi connectivity index (χ0v) is 8.12. The average molecular weight is 205 g/mol. The Labute approximate surface area is 82.2 Å². The molecule has 6 heteroatoms. The summed E-state index contributed by atoms with van der Waals surface area (Å²) in [5.74, 6) is -1.39. The van der Waals surface area contributed by atoms with Crippen LogP contribution in [0.15, 0.2) is 0 Å². The van der Waals surface area contributed by atoms with Gasteiger partial charge in [0.2, 0.25) is 5.91 Å². The number of methoxy groups -OCH3 is 1. The van der Waals surface area contributed by atoms with Crippen LogP contribution in [0.1, 0.15) is 6.42 Å². The standard InChI is InChI=1S/C8H15NO5/c1-13-4-5-14-3-2-7(10)9-6-8(11)12/h2-6H2,1H3,(H,9,10)(H,11,12). The highest BCUT2D eigenvalue weighted by atomic mass is 16.5. The van der Waals surface area contributed by atoms with Crippen LogP contribution >= 0.6 is 0 Å². The van der Waals surface area contributed by atoms with Gasteiger partial charge in [0.1, 0.15) is 6.54 Å². The van der Waals surface area contributed by atoms with Crippen molar-refractivity contribution >= 4 is 11.9 Å². The molecule has 0 saturated heterocycles. The van der Waals surface area contributed by atoms with Gasteiger partial charge >= 0.3 is 5.97 Å². The van der Waals surface area contributed by atoms with Crippen LogP contribution in [0.3, 0.4) is 0 Å². The molecule has 0 aliphatic carbocycles. The van der Waals surface area contributed by atoms with Gasteiger partial charge in [-0.2, -0.15) is 0 Å². The largest absolute Gasteiger partial charge is 0.480 e. The van der Waals surface area contributed by atoms with Crippen LogP contribution in [0, 0.1) is 0 Å². The lowest BCUT2D eigenvalue weighted by Gasteiger charge is -2.03. The fourth-order valence-corrected chi connectivity index (χ4v) is 0.672. The third-order valence-corrected chi connectivity index (χ3v) is 1.34. The van der Waals surface area contributed by atoms with Crippen molar-refractivity contribution in [1.29, 1.82) is 0 Å². The van der Waals surface area contributed by atoms with Crippen molar-refractivity contribution in [3.8, 4) is 0 Å². The first kappa shape index (κ1) is 12.9. The molecule has 0 rings (SSSR count). The lowest BCUT2D eigenvalue weighted by molar-refractivity contribution is -0.138. The monoisotopic (exact) mass is 205 g/mol. The van der Waals surface area contributed by atoms with E-state index in [4.69, 9.17) is 14.6 Å². The van der Waals surface area contributed by atoms with Crippen LogP contribution in [-0.4, -0.2) is 50.5 Å². The Balaban J connectivity index is 3.22. The van der Waals surface area contributed by atoms with E-state index in [1.165, 1.54) is 0 Å². The molecule has 14 heavy (non-hydrogen) atoms. The van der Waals surface area contributed by atoms with E-state index in [-0.39, 0.29) is 25.5 Å². The fourth-order valence-electron chi connectivity index (χ4n) is 0.672. The molecule has 0 atom stereocenters. The number of carbonyl (C=O) groups excluding carboxylic acids is 1. The predicted molar refractivity (Wildman–Crippen MR) is 48.0 cm³/mol. The van der Waals surface area contributed by atoms with Gasteiger partial charge in [-0.3, -0.25) is 9.59 Å². The van der Waals surface area contributed by atoms with Crippen molar-refractivity contribution in [2.45, 2.75) is 6.42 Å². The number of hydrogen-bond acceptors (Lipinski definition) is 4. The second-order valence-electron chi connectivity index (χ2n) is 2.53. The number of carbonyl (C=O) groups is 2. The Hall–Kier alpha value is -1.14. The molecule has 6 nitrogen and oxygen atoms in total. The van der Waals surface area contributed by atoms with Crippen molar-refractivity contribution in [3.05, 3.63) is 0 Å². The highest BCUT2D eigenvalue weighted by Gasteiger charge is 2.02. The molecule has 0 radical (unpaired) electrons. The predicted octanol–water partition coefficient (Wildman–Crippen LogP) is -0.760. The maximum atomic E-state index is 10.9. The molecule has 0 aromatic heterocycles. The lowest BCUT2D eigenvalue weighted by Crippen LogP contribution is -2.29. The van der Waals surface area contributed by atoms with Crippen molar-refractivity contribution in [1.82, 2.24) is 5.32 Å². The van der Waals surface area contributed by atoms with E-state index in [9.17, 15) is 9.59 Å². The summed E-state index contributed by atoms with van der Waals surface area (Å²) in [5.41, 5.74) is 0. The number of ether oxygens (including phenoxy) is 2. The quantitative estimate of drug-likeness (QED) is 0.509. The molecule has 82 valence electrons. The Morgan fingerprint density at radius 3 is 2.57 bits per heavy atom. The maximum absolute atomic E-state index is 10.9. The minimum absolute atomic E-state index is 0.164. The molecule has 0 bridgehead atoms. The van der Waals surface area contributed by atoms with Gasteiger partial charge in [0.25, 0.3) is 0 Å². The summed E-state index contributed by atoms with van der Waals surface area (Å²) in [6, 6.07) is 0. The van der Waals surface area contributed by atoms with Crippen molar-refractivity contribution < 1.29 is 24.2 Å². The third kappa shape index (κ3) is 8.95. The van der Waals surface area contributed by atoms with Crippen molar-refractivity contribution in [2.24, 2.45) is 0 Å². The zero-order chi connectivity index (χ0) is 10.8. The Morgan fingerprint density at radius 2 is 2.00 bits per heavy atom. The molecule has 2 N–H and O–H groups in total. The van der Waals surface area contributed by atoms with E-state index in [0.717, 1.165) is 0 Å². The topological polar surface area (TPSA) is 84.9 Å². The first-order valence-electron chi connectivity index (χ1n) is 4.22. The highest BCUT2D eigenvalue weighted by Crippen LogP contribution is 1.83. The van der Waals surface area contributed by atoms with Gasteiger partial charge in [-0.15, -0.1) is 0 Å². The number of aliphatic carboxylic acids is 1. The average Bonchev–Trinajstić information content (AvgIpc) is 2.14. The summed E-state index contributed by atoms with van der Waals surface area (Å²) in [4.78, 5) is 21.0. The van der Waals surface area contributed by atoms with Gasteiger partial charge in [0.05, 0.1) is 19.8 Å². The molecule has 0 aromatic carbocycles. The second kappa shape index (κ2) is 8.46. The third-order valence-electron chi connectivity index (χ3n) is 1.34. The zero-order valence-electron chi connectivity index (χ0n) is 8.12. The van der Waals surface area contributed by atoms with Gasteiger partial charge in [-0.1, -0.05) is 0 Å². The minimum Gasteiger partial charge on any atom is -0.480 e. The van der Waals surface area contributed by atoms with Gasteiger partial charge in [0.15, 0.2) is 0 Å². The molecule has 0 unspecified atom stereocenters. The number of rotatable bonds is 8. The molecule has 0 spiro atoms. The van der Waals surface area contributed by atoms with E-state index in [1.807, 2.05) is 0 Å². The SMILES string of the molecule is COCCOCCC(=O)NCC(=O)O. The summed E-state index contributed by atoms with van der Waals surface area (Å²) in [7, 11) is 1.56. The summed E-state index contributed by atoms with van der Waals surface area (Å²) >= 11 is 0. The van der Waals surface area contributed by atoms with Crippen molar-refractivity contribution in [2.75, 3.05) is 33.5 Å². The van der Waals surface area contributed by atoms with E-state index in [0.29, 0.717) is 13.2 Å². The van der Waals surface area contributed by atoms with Gasteiger partial charge in [-0.25, -0.2) is 0 Å². The Kier molecular flexibility index (Phi) is 7.77. The number of nitrogens with one attached hydrogen (secondary N) is 1. The molecule has 0 aliphatic rings. The van der Waals surface area contributed by atoms with E-state index < -0.39 is 5.97 Å². The molecular weight excluding hydrogens is 190 g/mol. The smallest absolute Gasteiger partial charge is 0.322 e. The minimum atomic E-state index is -1.06. The lowest BCUT2D eigenvalue weighted by atomic mass is 10.4. The van der Waals surface area contributed by atoms with Crippen LogP contribution in [-0.2, 0) is 19.1 Å². The fraction of sp³-hybridized carbons (Fsp3) is 0.750. The summed E-state index contributed by atoms with van der Waals surface area (Å²) in [6.07, 6.45) is 0.164. The summed E-state index contributed by atoms with van der Waals surface area (Å²) < 4.78 is 9.74. The first-order chi connectivity index (χ1) is 6.66. The molecule has 1 amide bonds. The van der Waals surface area contributed by atoms with Crippen molar-refractivity contribution in [3.63, 3.8) is 0 Å². The molecule has 0 heterocycles. The number of carboxylic acid groups (broad SMARTS) is 1. The van der Waals surface area contributed by atoms with Gasteiger partial charge in [-0.05, 0) is 0 Å². The molecular formula is C8H15NO5. The number of carboxylic acids is 1. The Morgan fingerprint density at radius 1 is 1.29 bits per heavy atom. The van der Waals surface area contributed by atoms with Crippen LogP contribution in [0.2, 0.25) is 0 Å². The molecule has 0 saturated carbocycles. The van der Waals surface area contributed by atoms with Crippen LogP contribution < -0.4 is 5.32 Å². The highest BCUT2D eigenvalue weighted by molar-refractivity contribution is 5.81. The summed E-state index contributed by atoms with van der Waals surface area (Å²) in [6.45, 7) is 0.838. The van der Waals surface area contributed by atoms with E-state index >= 15 is 0 Å². The second-order valence-corrected chi connectivity index (χ2v) is 2.53. The van der Waals surface area contributed by atoms with Gasteiger partial charge in [0, 0.05) is 13.5 Å². The molecule has 0 fully saturated rings. The van der Waals surface area contributed by atoms with E-state index in [2.05, 4.69) is 5.32 Å². The normalized spacial score (nSPS) is 9.79. The first-order valence-corrected chi connectivity index (χ1v) is 4.22. The van der Waals surface area contributed by atoms with Crippen LogP contribution in [0.4, 0.5) is 0 Å². The maximum Gasteiger partial charge on any atom is 0.322 e. The molecule has 0 aromatic rings. The van der Waals surface area contributed by atoms with Gasteiger partial charge < -0.3 is 19.9 Å². The summed E-state index contributed by atoms with van der Waals surface area (Å²) in [5, 5.41) is 10.5. The van der Waals surface area contributed by atoms with E-state index in [1.54, 1.807) is 7.11 Å². The van der Waals surface area contributed by atoms with Crippen LogP contribution in [0.25, 0.3) is 0 Å². The Bertz CT molecular complexity index is 183. The number of hydrogen-bond donors (Lipinski definition) is 2. The number of amides is 1.